The van der Waals surface area contributed by atoms with Gasteiger partial charge in [-0.1, -0.05) is 30.3 Å². The summed E-state index contributed by atoms with van der Waals surface area (Å²) in [5.74, 6) is 0.390. The Morgan fingerprint density at radius 1 is 1.21 bits per heavy atom. The number of aliphatic hydroxyl groups is 1. The molecule has 0 aliphatic rings. The van der Waals surface area contributed by atoms with E-state index in [9.17, 15) is 4.79 Å². The lowest BCUT2D eigenvalue weighted by Crippen LogP contribution is -2.36. The molecule has 0 atom stereocenters. The van der Waals surface area contributed by atoms with Crippen molar-refractivity contribution in [3.63, 3.8) is 0 Å². The molecule has 19 heavy (non-hydrogen) atoms. The zero-order valence-corrected chi connectivity index (χ0v) is 10.5. The van der Waals surface area contributed by atoms with Gasteiger partial charge in [-0.05, 0) is 11.6 Å². The number of urea groups is 1. The largest absolute Gasteiger partial charge is 0.449 e. The molecular weight excluding hydrogens is 244 g/mol. The number of carbonyl (C=O) groups excluding carboxylic acids is 1. The van der Waals surface area contributed by atoms with Gasteiger partial charge in [0.25, 0.3) is 0 Å². The Morgan fingerprint density at radius 3 is 2.63 bits per heavy atom. The van der Waals surface area contributed by atoms with E-state index in [1.807, 2.05) is 30.3 Å². The summed E-state index contributed by atoms with van der Waals surface area (Å²) < 4.78 is 5.06. The molecular formula is C14H16N2O3. The van der Waals surface area contributed by atoms with Gasteiger partial charge in [-0.15, -0.1) is 0 Å². The summed E-state index contributed by atoms with van der Waals surface area (Å²) in [5.41, 5.74) is 1.01. The zero-order valence-electron chi connectivity index (χ0n) is 10.5. The van der Waals surface area contributed by atoms with Crippen LogP contribution in [0.4, 0.5) is 10.7 Å². The van der Waals surface area contributed by atoms with Crippen LogP contribution >= 0.6 is 0 Å². The first-order chi connectivity index (χ1) is 9.29. The first-order valence-corrected chi connectivity index (χ1v) is 6.04. The van der Waals surface area contributed by atoms with E-state index >= 15 is 0 Å². The lowest BCUT2D eigenvalue weighted by molar-refractivity contribution is 0.185. The lowest BCUT2D eigenvalue weighted by Gasteiger charge is -2.21. The van der Waals surface area contributed by atoms with Crippen LogP contribution in [-0.2, 0) is 6.54 Å². The molecule has 0 spiro atoms. The van der Waals surface area contributed by atoms with E-state index in [1.165, 1.54) is 11.2 Å². The second kappa shape index (κ2) is 6.61. The SMILES string of the molecule is O=C(Nc1ccco1)N(CCO)Cc1ccccc1. The van der Waals surface area contributed by atoms with Crippen molar-refractivity contribution in [3.05, 3.63) is 54.3 Å². The van der Waals surface area contributed by atoms with E-state index in [0.29, 0.717) is 12.4 Å². The van der Waals surface area contributed by atoms with E-state index in [1.54, 1.807) is 12.1 Å². The molecule has 0 saturated carbocycles. The van der Waals surface area contributed by atoms with Crippen LogP contribution in [0, 0.1) is 0 Å². The van der Waals surface area contributed by atoms with Crippen LogP contribution < -0.4 is 5.32 Å². The van der Waals surface area contributed by atoms with Crippen LogP contribution in [0.1, 0.15) is 5.56 Å². The van der Waals surface area contributed by atoms with Crippen LogP contribution in [0.25, 0.3) is 0 Å². The smallest absolute Gasteiger partial charge is 0.324 e. The monoisotopic (exact) mass is 260 g/mol. The first-order valence-electron chi connectivity index (χ1n) is 6.04. The Bertz CT molecular complexity index is 497. The van der Waals surface area contributed by atoms with Crippen LogP contribution in [0.3, 0.4) is 0 Å². The standard InChI is InChI=1S/C14H16N2O3/c17-9-8-16(11-12-5-2-1-3-6-12)14(18)15-13-7-4-10-19-13/h1-7,10,17H,8-9,11H2,(H,15,18). The average Bonchev–Trinajstić information content (AvgIpc) is 2.92. The molecule has 100 valence electrons. The fourth-order valence-electron chi connectivity index (χ4n) is 1.71. The maximum Gasteiger partial charge on any atom is 0.324 e. The van der Waals surface area contributed by atoms with E-state index in [2.05, 4.69) is 5.32 Å². The maximum absolute atomic E-state index is 12.0. The topological polar surface area (TPSA) is 65.7 Å². The number of aliphatic hydroxyl groups excluding tert-OH is 1. The van der Waals surface area contributed by atoms with Crippen molar-refractivity contribution in [1.29, 1.82) is 0 Å². The molecule has 1 aromatic carbocycles. The van der Waals surface area contributed by atoms with Crippen molar-refractivity contribution in [3.8, 4) is 0 Å². The van der Waals surface area contributed by atoms with Crippen LogP contribution in [0.2, 0.25) is 0 Å². The van der Waals surface area contributed by atoms with Gasteiger partial charge in [-0.25, -0.2) is 4.79 Å². The van der Waals surface area contributed by atoms with Gasteiger partial charge in [0.05, 0.1) is 12.9 Å². The van der Waals surface area contributed by atoms with E-state index in [0.717, 1.165) is 5.56 Å². The number of hydrogen-bond donors (Lipinski definition) is 2. The fourth-order valence-corrected chi connectivity index (χ4v) is 1.71. The summed E-state index contributed by atoms with van der Waals surface area (Å²) in [6.45, 7) is 0.619. The summed E-state index contributed by atoms with van der Waals surface area (Å²) in [6.07, 6.45) is 1.49. The van der Waals surface area contributed by atoms with Gasteiger partial charge in [0, 0.05) is 19.2 Å². The van der Waals surface area contributed by atoms with Gasteiger partial charge in [0.2, 0.25) is 5.88 Å². The third-order valence-corrected chi connectivity index (χ3v) is 2.62. The molecule has 0 saturated heterocycles. The number of nitrogens with zero attached hydrogens (tertiary/aromatic N) is 1. The Morgan fingerprint density at radius 2 is 2.00 bits per heavy atom. The highest BCUT2D eigenvalue weighted by Gasteiger charge is 2.14. The normalized spacial score (nSPS) is 10.2. The molecule has 1 aromatic heterocycles. The van der Waals surface area contributed by atoms with Crippen LogP contribution in [0.5, 0.6) is 0 Å². The summed E-state index contributed by atoms with van der Waals surface area (Å²) in [7, 11) is 0. The Hall–Kier alpha value is -2.27. The number of anilines is 1. The molecule has 2 rings (SSSR count). The van der Waals surface area contributed by atoms with Crippen molar-refractivity contribution >= 4 is 11.9 Å². The molecule has 5 heteroatoms. The van der Waals surface area contributed by atoms with E-state index in [-0.39, 0.29) is 19.2 Å². The molecule has 2 aromatic rings. The summed E-state index contributed by atoms with van der Waals surface area (Å²) in [6, 6.07) is 12.7. The molecule has 2 amide bonds. The van der Waals surface area contributed by atoms with Crippen molar-refractivity contribution < 1.29 is 14.3 Å². The molecule has 0 radical (unpaired) electrons. The van der Waals surface area contributed by atoms with E-state index in [4.69, 9.17) is 9.52 Å². The lowest BCUT2D eigenvalue weighted by atomic mass is 10.2. The summed E-state index contributed by atoms with van der Waals surface area (Å²) >= 11 is 0. The van der Waals surface area contributed by atoms with Crippen molar-refractivity contribution in [1.82, 2.24) is 4.90 Å². The van der Waals surface area contributed by atoms with Crippen molar-refractivity contribution in [2.75, 3.05) is 18.5 Å². The second-order valence-corrected chi connectivity index (χ2v) is 4.04. The molecule has 0 bridgehead atoms. The zero-order chi connectivity index (χ0) is 13.5. The van der Waals surface area contributed by atoms with Gasteiger partial charge in [-0.2, -0.15) is 0 Å². The second-order valence-electron chi connectivity index (χ2n) is 4.04. The number of carbonyl (C=O) groups is 1. The van der Waals surface area contributed by atoms with Gasteiger partial charge in [0.15, 0.2) is 0 Å². The molecule has 0 fully saturated rings. The highest BCUT2D eigenvalue weighted by Crippen LogP contribution is 2.10. The molecule has 0 aliphatic carbocycles. The predicted octanol–water partition coefficient (Wildman–Crippen LogP) is 2.31. The van der Waals surface area contributed by atoms with E-state index < -0.39 is 0 Å². The van der Waals surface area contributed by atoms with Crippen molar-refractivity contribution in [2.24, 2.45) is 0 Å². The highest BCUT2D eigenvalue weighted by atomic mass is 16.3. The minimum absolute atomic E-state index is 0.0849. The fraction of sp³-hybridized carbons (Fsp3) is 0.214. The molecule has 0 aliphatic heterocycles. The minimum Gasteiger partial charge on any atom is -0.449 e. The van der Waals surface area contributed by atoms with Gasteiger partial charge in [0.1, 0.15) is 0 Å². The summed E-state index contributed by atoms with van der Waals surface area (Å²) in [4.78, 5) is 13.6. The number of nitrogens with one attached hydrogen (secondary N) is 1. The Kier molecular flexibility index (Phi) is 4.58. The molecule has 0 unspecified atom stereocenters. The average molecular weight is 260 g/mol. The van der Waals surface area contributed by atoms with Gasteiger partial charge >= 0.3 is 6.03 Å². The third kappa shape index (κ3) is 3.86. The minimum atomic E-state index is -0.298. The Labute approximate surface area is 111 Å². The molecule has 1 heterocycles. The first kappa shape index (κ1) is 13.2. The number of amides is 2. The van der Waals surface area contributed by atoms with Crippen LogP contribution in [0.15, 0.2) is 53.1 Å². The van der Waals surface area contributed by atoms with Crippen LogP contribution in [-0.4, -0.2) is 29.2 Å². The molecule has 5 nitrogen and oxygen atoms in total. The molecule has 2 N–H and O–H groups in total. The number of rotatable bonds is 5. The van der Waals surface area contributed by atoms with Crippen molar-refractivity contribution in [2.45, 2.75) is 6.54 Å². The maximum atomic E-state index is 12.0. The number of furan rings is 1. The van der Waals surface area contributed by atoms with Gasteiger partial charge in [-0.3, -0.25) is 5.32 Å². The third-order valence-electron chi connectivity index (χ3n) is 2.62. The highest BCUT2D eigenvalue weighted by molar-refractivity contribution is 5.87. The predicted molar refractivity (Wildman–Crippen MR) is 71.7 cm³/mol. The summed E-state index contributed by atoms with van der Waals surface area (Å²) in [5, 5.41) is 11.7. The quantitative estimate of drug-likeness (QED) is 0.867. The number of benzene rings is 1. The number of hydrogen-bond acceptors (Lipinski definition) is 3. The Balaban J connectivity index is 2.00. The van der Waals surface area contributed by atoms with Gasteiger partial charge < -0.3 is 14.4 Å².